The average molecular weight is 370 g/mol. The van der Waals surface area contributed by atoms with Gasteiger partial charge < -0.3 is 20.9 Å². The van der Waals surface area contributed by atoms with E-state index in [-0.39, 0.29) is 17.1 Å². The van der Waals surface area contributed by atoms with Gasteiger partial charge in [0.05, 0.1) is 0 Å². The van der Waals surface area contributed by atoms with Crippen LogP contribution in [-0.2, 0) is 17.1 Å². The van der Waals surface area contributed by atoms with Gasteiger partial charge in [0, 0.05) is 58.9 Å². The first-order chi connectivity index (χ1) is 11.4. The topological polar surface area (TPSA) is 39.3 Å². The Morgan fingerprint density at radius 1 is 0.625 bits per heavy atom. The zero-order valence-corrected chi connectivity index (χ0v) is 15.5. The predicted molar refractivity (Wildman–Crippen MR) is 97.0 cm³/mol. The smallest absolute Gasteiger partial charge is 0.314 e. The molecule has 0 spiro atoms. The van der Waals surface area contributed by atoms with Crippen LogP contribution in [-0.4, -0.2) is 63.8 Å². The first kappa shape index (κ1) is 22.4. The third-order valence-electron chi connectivity index (χ3n) is 3.86. The van der Waals surface area contributed by atoms with E-state index in [9.17, 15) is 0 Å². The number of nitrogens with zero attached hydrogens (tertiary/aromatic N) is 1. The summed E-state index contributed by atoms with van der Waals surface area (Å²) >= 11 is 0. The van der Waals surface area contributed by atoms with Gasteiger partial charge in [0.2, 0.25) is 0 Å². The molecule has 0 atom stereocenters. The minimum absolute atomic E-state index is 0. The molecule has 0 aromatic rings. The van der Waals surface area contributed by atoms with Gasteiger partial charge in [-0.3, -0.25) is 0 Å². The number of hydrogen-bond acceptors (Lipinski definition) is 4. The quantitative estimate of drug-likeness (QED) is 0.619. The van der Waals surface area contributed by atoms with Gasteiger partial charge in [-0.25, -0.2) is 0 Å². The Morgan fingerprint density at radius 2 is 1.04 bits per heavy atom. The zero-order chi connectivity index (χ0) is 16.0. The van der Waals surface area contributed by atoms with Crippen LogP contribution in [0.1, 0.15) is 0 Å². The first-order valence-corrected chi connectivity index (χ1v) is 8.67. The van der Waals surface area contributed by atoms with Crippen molar-refractivity contribution in [2.24, 2.45) is 0 Å². The monoisotopic (exact) mass is 370 g/mol. The molecule has 0 aromatic heterocycles. The van der Waals surface area contributed by atoms with Gasteiger partial charge in [-0.15, -0.1) is 0 Å². The maximum atomic E-state index is 3.49. The summed E-state index contributed by atoms with van der Waals surface area (Å²) in [5.74, 6) is 1.42. The molecule has 2 aliphatic carbocycles. The van der Waals surface area contributed by atoms with E-state index in [1.165, 1.54) is 5.92 Å². The summed E-state index contributed by atoms with van der Waals surface area (Å²) in [6.07, 6.45) is 18.7. The molecule has 0 amide bonds. The molecule has 1 aliphatic heterocycles. The molecule has 24 heavy (non-hydrogen) atoms. The normalized spacial score (nSPS) is 25.0. The number of nitrogens with one attached hydrogen (secondary N) is 3. The van der Waals surface area contributed by atoms with E-state index < -0.39 is 0 Å². The summed E-state index contributed by atoms with van der Waals surface area (Å²) in [5.41, 5.74) is 0. The minimum Gasteiger partial charge on any atom is -0.314 e. The molecular weight excluding hydrogens is 340 g/mol. The van der Waals surface area contributed by atoms with Gasteiger partial charge in [-0.1, -0.05) is 0 Å². The molecule has 0 bridgehead atoms. The molecular formula is C19H30FeN4+2. The van der Waals surface area contributed by atoms with Crippen molar-refractivity contribution < 1.29 is 17.1 Å². The molecule has 4 nitrogen and oxygen atoms in total. The Morgan fingerprint density at radius 3 is 1.50 bits per heavy atom. The van der Waals surface area contributed by atoms with Gasteiger partial charge in [-0.2, -0.15) is 0 Å². The second-order valence-electron chi connectivity index (χ2n) is 5.78. The van der Waals surface area contributed by atoms with Gasteiger partial charge in [0.15, 0.2) is 0 Å². The van der Waals surface area contributed by atoms with Crippen LogP contribution in [0.15, 0.2) is 0 Å². The Hall–Kier alpha value is 0.359. The molecule has 1 saturated heterocycles. The maximum Gasteiger partial charge on any atom is 2.00 e. The number of rotatable bonds is 2. The van der Waals surface area contributed by atoms with E-state index in [0.717, 1.165) is 58.9 Å². The third-order valence-corrected chi connectivity index (χ3v) is 3.86. The summed E-state index contributed by atoms with van der Waals surface area (Å²) in [6.45, 7) is 9.68. The van der Waals surface area contributed by atoms with Gasteiger partial charge in [-0.05, 0) is 63.7 Å². The van der Waals surface area contributed by atoms with Crippen LogP contribution in [0.25, 0.3) is 0 Å². The predicted octanol–water partition coefficient (Wildman–Crippen LogP) is 0.495. The SMILES string of the molecule is [CH]1[CH][CH][CH][CH]1.[CH]1[CH][CH][C](CN2CCNCCNCCNCC2)[CH]1.[Fe+2]. The summed E-state index contributed by atoms with van der Waals surface area (Å²) in [4.78, 5) is 2.52. The summed E-state index contributed by atoms with van der Waals surface area (Å²) < 4.78 is 0. The maximum absolute atomic E-state index is 3.49. The van der Waals surface area contributed by atoms with Gasteiger partial charge in [0.25, 0.3) is 0 Å². The van der Waals surface area contributed by atoms with Crippen molar-refractivity contribution in [3.63, 3.8) is 0 Å². The van der Waals surface area contributed by atoms with Crippen LogP contribution in [0.2, 0.25) is 0 Å². The fourth-order valence-electron chi connectivity index (χ4n) is 2.57. The zero-order valence-electron chi connectivity index (χ0n) is 14.4. The average Bonchev–Trinajstić information content (AvgIpc) is 3.26. The van der Waals surface area contributed by atoms with Crippen molar-refractivity contribution in [1.82, 2.24) is 20.9 Å². The molecule has 3 fully saturated rings. The van der Waals surface area contributed by atoms with Crippen LogP contribution in [0, 0.1) is 63.7 Å². The third kappa shape index (κ3) is 11.1. The molecule has 5 heteroatoms. The van der Waals surface area contributed by atoms with Crippen molar-refractivity contribution >= 4 is 0 Å². The second kappa shape index (κ2) is 15.6. The molecule has 0 aromatic carbocycles. The summed E-state index contributed by atoms with van der Waals surface area (Å²) in [6, 6.07) is 0. The summed E-state index contributed by atoms with van der Waals surface area (Å²) in [7, 11) is 0. The van der Waals surface area contributed by atoms with E-state index in [1.54, 1.807) is 0 Å². The van der Waals surface area contributed by atoms with E-state index in [1.807, 2.05) is 32.1 Å². The molecule has 3 N–H and O–H groups in total. The molecule has 3 aliphatic rings. The van der Waals surface area contributed by atoms with Crippen molar-refractivity contribution in [1.29, 1.82) is 0 Å². The van der Waals surface area contributed by atoms with Crippen LogP contribution in [0.4, 0.5) is 0 Å². The van der Waals surface area contributed by atoms with Crippen molar-refractivity contribution in [2.75, 3.05) is 58.9 Å². The molecule has 10 radical (unpaired) electrons. The van der Waals surface area contributed by atoms with Crippen molar-refractivity contribution in [3.05, 3.63) is 63.7 Å². The fraction of sp³-hybridized carbons (Fsp3) is 0.474. The van der Waals surface area contributed by atoms with Crippen molar-refractivity contribution in [3.8, 4) is 0 Å². The largest absolute Gasteiger partial charge is 2.00 e. The fourth-order valence-corrected chi connectivity index (χ4v) is 2.57. The first-order valence-electron chi connectivity index (χ1n) is 8.67. The van der Waals surface area contributed by atoms with E-state index >= 15 is 0 Å². The Kier molecular flexibility index (Phi) is 14.6. The van der Waals surface area contributed by atoms with Gasteiger partial charge >= 0.3 is 17.1 Å². The molecule has 0 unspecified atom stereocenters. The standard InChI is InChI=1S/C14H25N4.C5H5.Fe/c1-2-4-14(3-1)13-18-11-9-16-7-5-15-6-8-17-10-12-18;1-2-4-5-3-1;/h1-4,15-17H,5-13H2;1-5H;/q;;+2. The van der Waals surface area contributed by atoms with E-state index in [4.69, 9.17) is 0 Å². The molecule has 3 rings (SSSR count). The second-order valence-corrected chi connectivity index (χ2v) is 5.78. The van der Waals surface area contributed by atoms with Crippen LogP contribution in [0.3, 0.4) is 0 Å². The van der Waals surface area contributed by atoms with Crippen LogP contribution >= 0.6 is 0 Å². The molecule has 2 saturated carbocycles. The van der Waals surface area contributed by atoms with E-state index in [0.29, 0.717) is 0 Å². The summed E-state index contributed by atoms with van der Waals surface area (Å²) in [5, 5.41) is 10.4. The Balaban J connectivity index is 0.000000412. The molecule has 1 heterocycles. The molecule has 132 valence electrons. The van der Waals surface area contributed by atoms with Crippen molar-refractivity contribution in [2.45, 2.75) is 0 Å². The number of hydrogen-bond donors (Lipinski definition) is 3. The Labute approximate surface area is 160 Å². The van der Waals surface area contributed by atoms with Crippen LogP contribution < -0.4 is 16.0 Å². The Bertz CT molecular complexity index is 248. The van der Waals surface area contributed by atoms with E-state index in [2.05, 4.69) is 46.5 Å². The van der Waals surface area contributed by atoms with Gasteiger partial charge in [0.1, 0.15) is 0 Å². The van der Waals surface area contributed by atoms with Crippen LogP contribution in [0.5, 0.6) is 0 Å². The minimum atomic E-state index is 0.